The smallest absolute Gasteiger partial charge is 0.245 e. The van der Waals surface area contributed by atoms with Crippen LogP contribution in [0.4, 0.5) is 24.5 Å². The Morgan fingerprint density at radius 2 is 1.58 bits per heavy atom. The molecule has 2 aromatic rings. The monoisotopic (exact) mass is 358 g/mol. The van der Waals surface area contributed by atoms with Crippen LogP contribution in [0.25, 0.3) is 0 Å². The van der Waals surface area contributed by atoms with Crippen LogP contribution >= 0.6 is 0 Å². The van der Waals surface area contributed by atoms with Gasteiger partial charge in [0.05, 0.1) is 6.26 Å². The van der Waals surface area contributed by atoms with Crippen molar-refractivity contribution in [3.63, 3.8) is 0 Å². The molecule has 2 aromatic carbocycles. The molecule has 128 valence electrons. The second-order valence-corrected chi connectivity index (χ2v) is 6.80. The molecule has 5 nitrogen and oxygen atoms in total. The van der Waals surface area contributed by atoms with Crippen LogP contribution in [0.5, 0.6) is 0 Å². The maximum absolute atomic E-state index is 13.8. The fraction of sp³-hybridized carbons (Fsp3) is 0.133. The molecular formula is C15H13F3N2O3S. The molecule has 24 heavy (non-hydrogen) atoms. The van der Waals surface area contributed by atoms with E-state index in [0.717, 1.165) is 36.6 Å². The van der Waals surface area contributed by atoms with Crippen molar-refractivity contribution in [3.8, 4) is 0 Å². The number of benzene rings is 2. The molecule has 0 atom stereocenters. The standard InChI is InChI=1S/C15H13F3N2O3S/c1-24(22,23)20(15-12(17)3-2-4-13(15)18)9-14(21)19-11-7-5-10(16)6-8-11/h2-8H,9H2,1H3,(H,19,21). The zero-order valence-electron chi connectivity index (χ0n) is 12.5. The van der Waals surface area contributed by atoms with E-state index in [-0.39, 0.29) is 5.69 Å². The summed E-state index contributed by atoms with van der Waals surface area (Å²) in [5.41, 5.74) is -0.627. The third kappa shape index (κ3) is 4.25. The Balaban J connectivity index is 2.27. The van der Waals surface area contributed by atoms with Gasteiger partial charge in [0.25, 0.3) is 0 Å². The van der Waals surface area contributed by atoms with E-state index < -0.39 is 45.6 Å². The first-order valence-electron chi connectivity index (χ1n) is 6.65. The Hall–Kier alpha value is -2.55. The number of hydrogen-bond acceptors (Lipinski definition) is 3. The molecule has 0 saturated carbocycles. The number of nitrogens with one attached hydrogen (secondary N) is 1. The average Bonchev–Trinajstić information content (AvgIpc) is 2.47. The summed E-state index contributed by atoms with van der Waals surface area (Å²) >= 11 is 0. The van der Waals surface area contributed by atoms with E-state index in [1.807, 2.05) is 0 Å². The van der Waals surface area contributed by atoms with E-state index in [1.54, 1.807) is 0 Å². The van der Waals surface area contributed by atoms with Gasteiger partial charge in [0, 0.05) is 5.69 Å². The van der Waals surface area contributed by atoms with Gasteiger partial charge in [0.2, 0.25) is 15.9 Å². The molecule has 1 N–H and O–H groups in total. The third-order valence-corrected chi connectivity index (χ3v) is 4.11. The summed E-state index contributed by atoms with van der Waals surface area (Å²) in [5.74, 6) is -3.58. The number of nitrogens with zero attached hydrogens (tertiary/aromatic N) is 1. The number of amides is 1. The summed E-state index contributed by atoms with van der Waals surface area (Å²) in [6, 6.07) is 7.57. The molecule has 0 aromatic heterocycles. The molecule has 0 saturated heterocycles. The van der Waals surface area contributed by atoms with E-state index in [2.05, 4.69) is 5.32 Å². The van der Waals surface area contributed by atoms with Crippen molar-refractivity contribution in [1.29, 1.82) is 0 Å². The fourth-order valence-electron chi connectivity index (χ4n) is 1.95. The first-order chi connectivity index (χ1) is 11.2. The van der Waals surface area contributed by atoms with Gasteiger partial charge >= 0.3 is 0 Å². The molecule has 0 aliphatic heterocycles. The van der Waals surface area contributed by atoms with Gasteiger partial charge in [0.15, 0.2) is 11.6 Å². The Labute approximate surface area is 136 Å². The van der Waals surface area contributed by atoms with Crippen molar-refractivity contribution in [2.45, 2.75) is 0 Å². The number of hydrogen-bond donors (Lipinski definition) is 1. The molecule has 0 bridgehead atoms. The van der Waals surface area contributed by atoms with Crippen molar-refractivity contribution in [2.75, 3.05) is 22.4 Å². The molecule has 0 spiro atoms. The molecule has 2 rings (SSSR count). The zero-order chi connectivity index (χ0) is 17.9. The summed E-state index contributed by atoms with van der Waals surface area (Å²) in [4.78, 5) is 12.0. The highest BCUT2D eigenvalue weighted by atomic mass is 32.2. The molecule has 0 radical (unpaired) electrons. The highest BCUT2D eigenvalue weighted by Crippen LogP contribution is 2.25. The van der Waals surface area contributed by atoms with E-state index in [9.17, 15) is 26.4 Å². The molecule has 0 fully saturated rings. The maximum atomic E-state index is 13.8. The van der Waals surface area contributed by atoms with Gasteiger partial charge in [-0.05, 0) is 36.4 Å². The summed E-state index contributed by atoms with van der Waals surface area (Å²) in [7, 11) is -4.12. The number of sulfonamides is 1. The highest BCUT2D eigenvalue weighted by Gasteiger charge is 2.26. The summed E-state index contributed by atoms with van der Waals surface area (Å²) in [6.45, 7) is -0.839. The van der Waals surface area contributed by atoms with Gasteiger partial charge in [-0.2, -0.15) is 0 Å². The average molecular weight is 358 g/mol. The van der Waals surface area contributed by atoms with Crippen LogP contribution in [-0.4, -0.2) is 27.1 Å². The molecule has 0 heterocycles. The van der Waals surface area contributed by atoms with Crippen molar-refractivity contribution < 1.29 is 26.4 Å². The lowest BCUT2D eigenvalue weighted by Gasteiger charge is -2.22. The minimum atomic E-state index is -4.12. The third-order valence-electron chi connectivity index (χ3n) is 3.00. The Morgan fingerprint density at radius 3 is 2.08 bits per heavy atom. The fourth-order valence-corrected chi connectivity index (χ4v) is 2.81. The lowest BCUT2D eigenvalue weighted by molar-refractivity contribution is -0.114. The van der Waals surface area contributed by atoms with Crippen LogP contribution < -0.4 is 9.62 Å². The first kappa shape index (κ1) is 17.8. The predicted octanol–water partition coefficient (Wildman–Crippen LogP) is 2.51. The predicted molar refractivity (Wildman–Crippen MR) is 83.6 cm³/mol. The van der Waals surface area contributed by atoms with Gasteiger partial charge in [-0.1, -0.05) is 6.07 Å². The number of anilines is 2. The normalized spacial score (nSPS) is 11.2. The van der Waals surface area contributed by atoms with Gasteiger partial charge < -0.3 is 5.32 Å². The van der Waals surface area contributed by atoms with Crippen molar-refractivity contribution in [3.05, 3.63) is 59.9 Å². The molecular weight excluding hydrogens is 345 g/mol. The molecule has 1 amide bonds. The van der Waals surface area contributed by atoms with Gasteiger partial charge in [-0.25, -0.2) is 21.6 Å². The van der Waals surface area contributed by atoms with Crippen LogP contribution in [0.2, 0.25) is 0 Å². The molecule has 0 unspecified atom stereocenters. The topological polar surface area (TPSA) is 66.5 Å². The highest BCUT2D eigenvalue weighted by molar-refractivity contribution is 7.92. The largest absolute Gasteiger partial charge is 0.325 e. The van der Waals surface area contributed by atoms with Crippen LogP contribution in [0.15, 0.2) is 42.5 Å². The summed E-state index contributed by atoms with van der Waals surface area (Å²) < 4.78 is 64.5. The van der Waals surface area contributed by atoms with E-state index in [0.29, 0.717) is 4.31 Å². The number of para-hydroxylation sites is 1. The van der Waals surface area contributed by atoms with Crippen molar-refractivity contribution in [1.82, 2.24) is 0 Å². The zero-order valence-corrected chi connectivity index (χ0v) is 13.3. The van der Waals surface area contributed by atoms with E-state index in [4.69, 9.17) is 0 Å². The second-order valence-electron chi connectivity index (χ2n) is 4.89. The minimum absolute atomic E-state index is 0.212. The quantitative estimate of drug-likeness (QED) is 0.893. The lowest BCUT2D eigenvalue weighted by atomic mass is 10.3. The minimum Gasteiger partial charge on any atom is -0.325 e. The van der Waals surface area contributed by atoms with Crippen molar-refractivity contribution in [2.24, 2.45) is 0 Å². The van der Waals surface area contributed by atoms with Gasteiger partial charge in [-0.3, -0.25) is 9.10 Å². The van der Waals surface area contributed by atoms with Crippen LogP contribution in [0.1, 0.15) is 0 Å². The molecule has 0 aliphatic rings. The Morgan fingerprint density at radius 1 is 1.04 bits per heavy atom. The summed E-state index contributed by atoms with van der Waals surface area (Å²) in [5, 5.41) is 2.32. The van der Waals surface area contributed by atoms with E-state index in [1.165, 1.54) is 12.1 Å². The first-order valence-corrected chi connectivity index (χ1v) is 8.50. The van der Waals surface area contributed by atoms with Crippen LogP contribution in [-0.2, 0) is 14.8 Å². The Bertz CT molecular complexity index is 835. The molecule has 9 heteroatoms. The number of halogens is 3. The maximum Gasteiger partial charge on any atom is 0.245 e. The lowest BCUT2D eigenvalue weighted by Crippen LogP contribution is -2.38. The van der Waals surface area contributed by atoms with Crippen molar-refractivity contribution >= 4 is 27.3 Å². The summed E-state index contributed by atoms with van der Waals surface area (Å²) in [6.07, 6.45) is 0.726. The SMILES string of the molecule is CS(=O)(=O)N(CC(=O)Nc1ccc(F)cc1)c1c(F)cccc1F. The van der Waals surface area contributed by atoms with Crippen LogP contribution in [0.3, 0.4) is 0 Å². The number of carbonyl (C=O) groups is 1. The number of rotatable bonds is 5. The second kappa shape index (κ2) is 6.91. The van der Waals surface area contributed by atoms with Gasteiger partial charge in [-0.15, -0.1) is 0 Å². The molecule has 0 aliphatic carbocycles. The number of carbonyl (C=O) groups excluding carboxylic acids is 1. The van der Waals surface area contributed by atoms with Gasteiger partial charge in [0.1, 0.15) is 18.0 Å². The van der Waals surface area contributed by atoms with Crippen LogP contribution in [0, 0.1) is 17.5 Å². The van der Waals surface area contributed by atoms with E-state index >= 15 is 0 Å². The Kier molecular flexibility index (Phi) is 5.13.